The third-order valence-corrected chi connectivity index (χ3v) is 4.22. The van der Waals surface area contributed by atoms with E-state index in [0.717, 1.165) is 5.75 Å². The van der Waals surface area contributed by atoms with Crippen molar-refractivity contribution in [2.75, 3.05) is 11.9 Å². The van der Waals surface area contributed by atoms with Crippen LogP contribution >= 0.6 is 0 Å². The average molecular weight is 366 g/mol. The van der Waals surface area contributed by atoms with Gasteiger partial charge in [-0.25, -0.2) is 0 Å². The van der Waals surface area contributed by atoms with Gasteiger partial charge in [-0.1, -0.05) is 12.1 Å². The highest BCUT2D eigenvalue weighted by Crippen LogP contribution is 2.31. The van der Waals surface area contributed by atoms with Gasteiger partial charge in [0.05, 0.1) is 18.4 Å². The Balaban J connectivity index is 1.41. The van der Waals surface area contributed by atoms with Gasteiger partial charge in [0, 0.05) is 19.4 Å². The Hall–Kier alpha value is -3.55. The van der Waals surface area contributed by atoms with Crippen molar-refractivity contribution in [1.82, 2.24) is 14.3 Å². The minimum absolute atomic E-state index is 0.0772. The number of fused-ring (bicyclic) bond motifs is 1. The summed E-state index contributed by atoms with van der Waals surface area (Å²) in [6.45, 7) is 0.885. The van der Waals surface area contributed by atoms with Crippen LogP contribution in [-0.2, 0) is 13.6 Å². The van der Waals surface area contributed by atoms with E-state index in [2.05, 4.69) is 10.4 Å². The van der Waals surface area contributed by atoms with Crippen LogP contribution in [0.4, 0.5) is 5.69 Å². The number of hydrogen-bond donors (Lipinski definition) is 1. The SMILES string of the molecule is Cn1cccc(C(=O)Nc2cnn(C[C@H]3COc4ccccc4O3)c2)c1=O. The lowest BCUT2D eigenvalue weighted by atomic mass is 10.2. The van der Waals surface area contributed by atoms with Crippen molar-refractivity contribution in [3.8, 4) is 11.5 Å². The van der Waals surface area contributed by atoms with E-state index in [0.29, 0.717) is 24.6 Å². The smallest absolute Gasteiger partial charge is 0.263 e. The lowest BCUT2D eigenvalue weighted by Crippen LogP contribution is -2.33. The van der Waals surface area contributed by atoms with Gasteiger partial charge in [-0.2, -0.15) is 5.10 Å². The number of nitrogens with one attached hydrogen (secondary N) is 1. The summed E-state index contributed by atoms with van der Waals surface area (Å²) >= 11 is 0. The van der Waals surface area contributed by atoms with Crippen LogP contribution in [0.25, 0.3) is 0 Å². The number of hydrogen-bond acceptors (Lipinski definition) is 5. The Labute approximate surface area is 155 Å². The number of rotatable bonds is 4. The first-order chi connectivity index (χ1) is 13.1. The summed E-state index contributed by atoms with van der Waals surface area (Å²) in [6.07, 6.45) is 4.63. The summed E-state index contributed by atoms with van der Waals surface area (Å²) in [5.41, 5.74) is 0.227. The molecule has 3 heterocycles. The second-order valence-electron chi connectivity index (χ2n) is 6.24. The van der Waals surface area contributed by atoms with E-state index in [1.165, 1.54) is 16.8 Å². The van der Waals surface area contributed by atoms with Gasteiger partial charge < -0.3 is 19.4 Å². The Morgan fingerprint density at radius 2 is 2.07 bits per heavy atom. The van der Waals surface area contributed by atoms with Crippen molar-refractivity contribution in [2.24, 2.45) is 7.05 Å². The highest BCUT2D eigenvalue weighted by molar-refractivity contribution is 6.03. The second-order valence-corrected chi connectivity index (χ2v) is 6.24. The van der Waals surface area contributed by atoms with Gasteiger partial charge in [0.1, 0.15) is 12.2 Å². The van der Waals surface area contributed by atoms with Crippen molar-refractivity contribution >= 4 is 11.6 Å². The molecule has 3 aromatic rings. The molecule has 138 valence electrons. The van der Waals surface area contributed by atoms with Gasteiger partial charge in [-0.3, -0.25) is 14.3 Å². The molecule has 27 heavy (non-hydrogen) atoms. The van der Waals surface area contributed by atoms with Crippen molar-refractivity contribution in [3.05, 3.63) is 70.9 Å². The molecule has 0 saturated heterocycles. The summed E-state index contributed by atoms with van der Waals surface area (Å²) in [4.78, 5) is 24.3. The van der Waals surface area contributed by atoms with Crippen LogP contribution in [0.2, 0.25) is 0 Å². The molecular weight excluding hydrogens is 348 g/mol. The second kappa shape index (κ2) is 6.99. The summed E-state index contributed by atoms with van der Waals surface area (Å²) in [7, 11) is 1.60. The zero-order chi connectivity index (χ0) is 18.8. The van der Waals surface area contributed by atoms with Gasteiger partial charge in [0.2, 0.25) is 0 Å². The lowest BCUT2D eigenvalue weighted by Gasteiger charge is -2.26. The molecule has 0 fully saturated rings. The number of amides is 1. The molecule has 1 amide bonds. The van der Waals surface area contributed by atoms with Crippen LogP contribution in [0.5, 0.6) is 11.5 Å². The van der Waals surface area contributed by atoms with Crippen LogP contribution in [0.15, 0.2) is 59.8 Å². The molecular formula is C19H18N4O4. The summed E-state index contributed by atoms with van der Waals surface area (Å²) in [5, 5.41) is 6.93. The zero-order valence-corrected chi connectivity index (χ0v) is 14.7. The van der Waals surface area contributed by atoms with Gasteiger partial charge in [0.15, 0.2) is 17.6 Å². The Kier molecular flexibility index (Phi) is 4.37. The Bertz CT molecular complexity index is 1040. The van der Waals surface area contributed by atoms with E-state index in [1.54, 1.807) is 30.2 Å². The number of aromatic nitrogens is 3. The maximum atomic E-state index is 12.3. The number of aryl methyl sites for hydroxylation is 1. The van der Waals surface area contributed by atoms with Crippen LogP contribution in [-0.4, -0.2) is 33.0 Å². The van der Waals surface area contributed by atoms with Gasteiger partial charge in [0.25, 0.3) is 11.5 Å². The van der Waals surface area contributed by atoms with Crippen molar-refractivity contribution in [3.63, 3.8) is 0 Å². The Morgan fingerprint density at radius 3 is 2.93 bits per heavy atom. The minimum Gasteiger partial charge on any atom is -0.486 e. The van der Waals surface area contributed by atoms with Crippen molar-refractivity contribution in [1.29, 1.82) is 0 Å². The van der Waals surface area contributed by atoms with Gasteiger partial charge in [-0.05, 0) is 24.3 Å². The first-order valence-corrected chi connectivity index (χ1v) is 8.48. The molecule has 8 nitrogen and oxygen atoms in total. The number of anilines is 1. The molecule has 1 aromatic carbocycles. The van der Waals surface area contributed by atoms with Crippen LogP contribution in [0.3, 0.4) is 0 Å². The minimum atomic E-state index is -0.470. The molecule has 0 unspecified atom stereocenters. The fourth-order valence-corrected chi connectivity index (χ4v) is 2.86. The van der Waals surface area contributed by atoms with E-state index < -0.39 is 5.91 Å². The predicted octanol–water partition coefficient (Wildman–Crippen LogP) is 1.67. The first-order valence-electron chi connectivity index (χ1n) is 8.48. The zero-order valence-electron chi connectivity index (χ0n) is 14.7. The normalized spacial score (nSPS) is 15.4. The average Bonchev–Trinajstić information content (AvgIpc) is 3.10. The fourth-order valence-electron chi connectivity index (χ4n) is 2.86. The summed E-state index contributed by atoms with van der Waals surface area (Å²) in [6, 6.07) is 10.6. The molecule has 1 N–H and O–H groups in total. The van der Waals surface area contributed by atoms with Gasteiger partial charge >= 0.3 is 0 Å². The molecule has 2 aromatic heterocycles. The molecule has 0 radical (unpaired) electrons. The molecule has 0 spiro atoms. The number of carbonyl (C=O) groups excluding carboxylic acids is 1. The number of pyridine rings is 1. The van der Waals surface area contributed by atoms with Crippen molar-refractivity contribution in [2.45, 2.75) is 12.6 Å². The highest BCUT2D eigenvalue weighted by atomic mass is 16.6. The maximum absolute atomic E-state index is 12.3. The first kappa shape index (κ1) is 16.9. The summed E-state index contributed by atoms with van der Waals surface area (Å²) < 4.78 is 14.6. The molecule has 8 heteroatoms. The number of benzene rings is 1. The molecule has 0 bridgehead atoms. The van der Waals surface area contributed by atoms with E-state index >= 15 is 0 Å². The van der Waals surface area contributed by atoms with E-state index in [1.807, 2.05) is 24.3 Å². The topological polar surface area (TPSA) is 87.4 Å². The van der Waals surface area contributed by atoms with E-state index in [4.69, 9.17) is 9.47 Å². The van der Waals surface area contributed by atoms with Crippen LogP contribution in [0.1, 0.15) is 10.4 Å². The quantitative estimate of drug-likeness (QED) is 0.759. The van der Waals surface area contributed by atoms with Crippen molar-refractivity contribution < 1.29 is 14.3 Å². The fraction of sp³-hybridized carbons (Fsp3) is 0.211. The molecule has 0 aliphatic carbocycles. The summed E-state index contributed by atoms with van der Waals surface area (Å²) in [5.74, 6) is 0.961. The predicted molar refractivity (Wildman–Crippen MR) is 98.2 cm³/mol. The number of para-hydroxylation sites is 2. The monoisotopic (exact) mass is 366 g/mol. The van der Waals surface area contributed by atoms with E-state index in [9.17, 15) is 9.59 Å². The molecule has 0 saturated carbocycles. The maximum Gasteiger partial charge on any atom is 0.263 e. The number of nitrogens with zero attached hydrogens (tertiary/aromatic N) is 3. The lowest BCUT2D eigenvalue weighted by molar-refractivity contribution is 0.0759. The Morgan fingerprint density at radius 1 is 1.26 bits per heavy atom. The molecule has 4 rings (SSSR count). The standard InChI is InChI=1S/C19H18N4O4/c1-22-8-4-5-15(19(22)25)18(24)21-13-9-20-23(10-13)11-14-12-26-16-6-2-3-7-17(16)27-14/h2-10,14H,11-12H2,1H3,(H,21,24)/t14-/m0/s1. The van der Waals surface area contributed by atoms with Crippen LogP contribution < -0.4 is 20.3 Å². The number of carbonyl (C=O) groups is 1. The third-order valence-electron chi connectivity index (χ3n) is 4.22. The highest BCUT2D eigenvalue weighted by Gasteiger charge is 2.21. The number of ether oxygens (including phenoxy) is 2. The molecule has 1 atom stereocenters. The van der Waals surface area contributed by atoms with E-state index in [-0.39, 0.29) is 17.2 Å². The third kappa shape index (κ3) is 3.55. The molecule has 1 aliphatic heterocycles. The van der Waals surface area contributed by atoms with Gasteiger partial charge in [-0.15, -0.1) is 0 Å². The molecule has 1 aliphatic rings. The largest absolute Gasteiger partial charge is 0.486 e. The van der Waals surface area contributed by atoms with Crippen LogP contribution in [0, 0.1) is 0 Å².